The van der Waals surface area contributed by atoms with Gasteiger partial charge in [0, 0.05) is 16.7 Å². The third kappa shape index (κ3) is 3.18. The predicted octanol–water partition coefficient (Wildman–Crippen LogP) is 1.68. The second-order valence-corrected chi connectivity index (χ2v) is 5.49. The van der Waals surface area contributed by atoms with E-state index in [9.17, 15) is 9.59 Å². The van der Waals surface area contributed by atoms with E-state index in [1.807, 2.05) is 6.07 Å². The van der Waals surface area contributed by atoms with Crippen molar-refractivity contribution in [2.75, 3.05) is 0 Å². The number of esters is 2. The molecule has 0 unspecified atom stereocenters. The number of ether oxygens (including phenoxy) is 2. The maximum Gasteiger partial charge on any atom is 0.338 e. The molecule has 0 atom stereocenters. The van der Waals surface area contributed by atoms with Crippen LogP contribution in [0.4, 0.5) is 0 Å². The van der Waals surface area contributed by atoms with Crippen LogP contribution >= 0.6 is 0 Å². The summed E-state index contributed by atoms with van der Waals surface area (Å²) in [6.45, 7) is 0.546. The van der Waals surface area contributed by atoms with E-state index >= 15 is 0 Å². The monoisotopic (exact) mass is 351 g/mol. The van der Waals surface area contributed by atoms with Crippen molar-refractivity contribution >= 4 is 17.8 Å². The van der Waals surface area contributed by atoms with Gasteiger partial charge in [0.15, 0.2) is 5.84 Å². The van der Waals surface area contributed by atoms with Gasteiger partial charge in [0.05, 0.1) is 22.8 Å². The van der Waals surface area contributed by atoms with Crippen LogP contribution < -0.4 is 5.73 Å². The van der Waals surface area contributed by atoms with Crippen LogP contribution in [0.25, 0.3) is 0 Å². The van der Waals surface area contributed by atoms with Crippen LogP contribution in [0.2, 0.25) is 0 Å². The average molecular weight is 351 g/mol. The van der Waals surface area contributed by atoms with Gasteiger partial charge in [-0.05, 0) is 30.3 Å². The summed E-state index contributed by atoms with van der Waals surface area (Å²) in [6.07, 6.45) is 0. The summed E-state index contributed by atoms with van der Waals surface area (Å²) in [4.78, 5) is 22.0. The number of carbonyl (C=O) groups is 2. The molecule has 2 aromatic rings. The summed E-state index contributed by atoms with van der Waals surface area (Å²) in [5.74, 6) is -0.604. The number of cyclic esters (lactones) is 2. The lowest BCUT2D eigenvalue weighted by atomic mass is 10.1. The van der Waals surface area contributed by atoms with Gasteiger partial charge in [-0.1, -0.05) is 11.2 Å². The normalized spacial score (nSPS) is 14.3. The first-order valence-corrected chi connectivity index (χ1v) is 7.51. The minimum Gasteiger partial charge on any atom is -0.457 e. The smallest absolute Gasteiger partial charge is 0.338 e. The van der Waals surface area contributed by atoms with E-state index in [1.54, 1.807) is 36.4 Å². The molecule has 0 saturated carbocycles. The number of amidine groups is 1. The Bertz CT molecular complexity index is 975. The molecule has 0 radical (unpaired) electrons. The van der Waals surface area contributed by atoms with Crippen LogP contribution in [0.1, 0.15) is 43.0 Å². The number of nitrogens with two attached hydrogens (primary N) is 1. The number of benzene rings is 2. The summed E-state index contributed by atoms with van der Waals surface area (Å²) >= 11 is 0. The van der Waals surface area contributed by atoms with Crippen molar-refractivity contribution in [3.05, 3.63) is 69.8 Å². The third-order valence-corrected chi connectivity index (χ3v) is 3.90. The highest BCUT2D eigenvalue weighted by atomic mass is 16.5. The molecule has 3 N–H and O–H groups in total. The first-order valence-electron chi connectivity index (χ1n) is 7.51. The third-order valence-electron chi connectivity index (χ3n) is 3.90. The van der Waals surface area contributed by atoms with E-state index in [-0.39, 0.29) is 24.4 Å². The Morgan fingerprint density at radius 3 is 2.19 bits per heavy atom. The Labute approximate surface area is 148 Å². The van der Waals surface area contributed by atoms with Gasteiger partial charge in [-0.3, -0.25) is 0 Å². The van der Waals surface area contributed by atoms with Crippen molar-refractivity contribution < 1.29 is 24.3 Å². The number of hydrogen-bond acceptors (Lipinski definition) is 7. The van der Waals surface area contributed by atoms with Gasteiger partial charge in [0.25, 0.3) is 0 Å². The molecule has 26 heavy (non-hydrogen) atoms. The molecule has 0 amide bonds. The number of nitrogens with zero attached hydrogens (tertiary/aromatic N) is 2. The van der Waals surface area contributed by atoms with E-state index in [4.69, 9.17) is 25.7 Å². The molecule has 8 heteroatoms. The number of fused-ring (bicyclic) bond motifs is 2. The number of rotatable bonds is 1. The summed E-state index contributed by atoms with van der Waals surface area (Å²) < 4.78 is 9.58. The summed E-state index contributed by atoms with van der Waals surface area (Å²) in [5, 5.41) is 19.9. The van der Waals surface area contributed by atoms with Crippen LogP contribution in [0.15, 0.2) is 41.6 Å². The van der Waals surface area contributed by atoms with Crippen molar-refractivity contribution in [2.45, 2.75) is 13.2 Å². The highest BCUT2D eigenvalue weighted by Crippen LogP contribution is 2.21. The molecule has 0 aliphatic carbocycles. The van der Waals surface area contributed by atoms with Gasteiger partial charge < -0.3 is 20.4 Å². The number of nitriles is 1. The van der Waals surface area contributed by atoms with Crippen LogP contribution in [0, 0.1) is 11.3 Å². The molecule has 0 saturated heterocycles. The number of hydrogen-bond donors (Lipinski definition) is 2. The first kappa shape index (κ1) is 17.0. The maximum absolute atomic E-state index is 11.1. The zero-order valence-electron chi connectivity index (χ0n) is 13.4. The number of oxime groups is 1. The van der Waals surface area contributed by atoms with E-state index < -0.39 is 0 Å². The van der Waals surface area contributed by atoms with Gasteiger partial charge >= 0.3 is 11.9 Å². The van der Waals surface area contributed by atoms with E-state index in [0.29, 0.717) is 28.9 Å². The molecule has 0 aromatic heterocycles. The van der Waals surface area contributed by atoms with Crippen LogP contribution in [-0.4, -0.2) is 23.0 Å². The lowest BCUT2D eigenvalue weighted by Crippen LogP contribution is -2.13. The average Bonchev–Trinajstić information content (AvgIpc) is 3.24. The fraction of sp³-hybridized carbons (Fsp3) is 0.111. The van der Waals surface area contributed by atoms with Crippen molar-refractivity contribution in [3.63, 3.8) is 0 Å². The molecule has 2 aliphatic rings. The quantitative estimate of drug-likeness (QED) is 0.262. The standard InChI is InChI=1S/C9H8N2O3.C9H5NO2/c10-8(11-13)5-1-2-7-6(3-5)4-14-9(7)12;10-4-6-1-2-8-7(3-6)5-12-9(8)11/h1-3,13H,4H2,(H2,10,11);1-3H,5H2. The first-order chi connectivity index (χ1) is 12.5. The zero-order valence-corrected chi connectivity index (χ0v) is 13.4. The van der Waals surface area contributed by atoms with Crippen LogP contribution in [0.3, 0.4) is 0 Å². The molecule has 0 fully saturated rings. The van der Waals surface area contributed by atoms with Gasteiger partial charge in [0.1, 0.15) is 13.2 Å². The SMILES string of the molecule is N#Cc1ccc2c(c1)COC2=O.N/C(=N/O)c1ccc2c(c1)COC2=O. The predicted molar refractivity (Wildman–Crippen MR) is 88.3 cm³/mol. The Hall–Kier alpha value is -3.86. The lowest BCUT2D eigenvalue weighted by molar-refractivity contribution is 0.0526. The topological polar surface area (TPSA) is 135 Å². The highest BCUT2D eigenvalue weighted by Gasteiger charge is 2.21. The molecular formula is C18H13N3O5. The Kier molecular flexibility index (Phi) is 4.53. The molecule has 2 aliphatic heterocycles. The lowest BCUT2D eigenvalue weighted by Gasteiger charge is -1.99. The molecule has 130 valence electrons. The molecule has 0 spiro atoms. The van der Waals surface area contributed by atoms with Crippen LogP contribution in [0.5, 0.6) is 0 Å². The number of carbonyl (C=O) groups excluding carboxylic acids is 2. The van der Waals surface area contributed by atoms with Gasteiger partial charge in [0.2, 0.25) is 0 Å². The zero-order chi connectivity index (χ0) is 18.7. The minimum absolute atomic E-state index is 0.0205. The summed E-state index contributed by atoms with van der Waals surface area (Å²) in [6, 6.07) is 11.8. The van der Waals surface area contributed by atoms with Gasteiger partial charge in [-0.15, -0.1) is 0 Å². The van der Waals surface area contributed by atoms with Crippen molar-refractivity contribution in [3.8, 4) is 6.07 Å². The van der Waals surface area contributed by atoms with Crippen molar-refractivity contribution in [1.29, 1.82) is 5.26 Å². The maximum atomic E-state index is 11.1. The van der Waals surface area contributed by atoms with E-state index in [2.05, 4.69) is 5.16 Å². The Balaban J connectivity index is 0.000000152. The van der Waals surface area contributed by atoms with Gasteiger partial charge in [-0.25, -0.2) is 9.59 Å². The molecule has 2 heterocycles. The summed E-state index contributed by atoms with van der Waals surface area (Å²) in [7, 11) is 0. The summed E-state index contributed by atoms with van der Waals surface area (Å²) in [5.41, 5.74) is 9.22. The van der Waals surface area contributed by atoms with Gasteiger partial charge in [-0.2, -0.15) is 5.26 Å². The van der Waals surface area contributed by atoms with Crippen molar-refractivity contribution in [2.24, 2.45) is 10.9 Å². The molecule has 2 aromatic carbocycles. The molecule has 8 nitrogen and oxygen atoms in total. The second kappa shape index (κ2) is 6.94. The Morgan fingerprint density at radius 1 is 1.04 bits per heavy atom. The van der Waals surface area contributed by atoms with Crippen molar-refractivity contribution in [1.82, 2.24) is 0 Å². The highest BCUT2D eigenvalue weighted by molar-refractivity contribution is 6.00. The fourth-order valence-corrected chi connectivity index (χ4v) is 2.55. The van der Waals surface area contributed by atoms with E-state index in [1.165, 1.54) is 0 Å². The molecule has 0 bridgehead atoms. The van der Waals surface area contributed by atoms with Crippen LogP contribution in [-0.2, 0) is 22.7 Å². The molecular weight excluding hydrogens is 338 g/mol. The fourth-order valence-electron chi connectivity index (χ4n) is 2.55. The largest absolute Gasteiger partial charge is 0.457 e. The second-order valence-electron chi connectivity index (χ2n) is 5.49. The molecule has 4 rings (SSSR count). The Morgan fingerprint density at radius 2 is 1.62 bits per heavy atom. The van der Waals surface area contributed by atoms with E-state index in [0.717, 1.165) is 11.1 Å². The minimum atomic E-state index is -0.328.